The van der Waals surface area contributed by atoms with Crippen LogP contribution in [-0.4, -0.2) is 23.5 Å². The van der Waals surface area contributed by atoms with Gasteiger partial charge >= 0.3 is 0 Å². The molecule has 0 spiro atoms. The van der Waals surface area contributed by atoms with Crippen molar-refractivity contribution in [3.63, 3.8) is 0 Å². The Bertz CT molecular complexity index is 1110. The van der Waals surface area contributed by atoms with Gasteiger partial charge in [-0.2, -0.15) is 0 Å². The van der Waals surface area contributed by atoms with Gasteiger partial charge in [0.1, 0.15) is 11.4 Å². The number of carbonyl (C=O) groups excluding carboxylic acids is 1. The Labute approximate surface area is 158 Å². The second kappa shape index (κ2) is 5.77. The summed E-state index contributed by atoms with van der Waals surface area (Å²) in [6, 6.07) is 17.1. The van der Waals surface area contributed by atoms with E-state index in [1.807, 2.05) is 66.2 Å². The lowest BCUT2D eigenvalue weighted by molar-refractivity contribution is 0.0992. The molecule has 7 heteroatoms. The van der Waals surface area contributed by atoms with Crippen LogP contribution in [0.4, 0.5) is 0 Å². The highest BCUT2D eigenvalue weighted by atomic mass is 35.6. The van der Waals surface area contributed by atoms with Gasteiger partial charge in [-0.25, -0.2) is 4.98 Å². The molecule has 0 atom stereocenters. The molecule has 0 bridgehead atoms. The lowest BCUT2D eigenvalue weighted by Crippen LogP contribution is -2.21. The Morgan fingerprint density at radius 1 is 0.960 bits per heavy atom. The zero-order valence-corrected chi connectivity index (χ0v) is 15.3. The molecule has 0 saturated carbocycles. The maximum absolute atomic E-state index is 12.9. The minimum absolute atomic E-state index is 0.262. The number of imidazole rings is 2. The van der Waals surface area contributed by atoms with Crippen LogP contribution in [0.2, 0.25) is 0 Å². The number of fused-ring (bicyclic) bond motifs is 3. The molecule has 0 radical (unpaired) electrons. The van der Waals surface area contributed by atoms with Crippen LogP contribution in [0.1, 0.15) is 10.5 Å². The van der Waals surface area contributed by atoms with Crippen LogP contribution in [0.3, 0.4) is 0 Å². The van der Waals surface area contributed by atoms with E-state index in [-0.39, 0.29) is 5.69 Å². The number of hydrogen-bond donors (Lipinski definition) is 0. The number of para-hydroxylation sites is 2. The van der Waals surface area contributed by atoms with E-state index < -0.39 is 9.58 Å². The highest BCUT2D eigenvalue weighted by Gasteiger charge is 2.37. The number of aryl methyl sites for hydroxylation is 1. The van der Waals surface area contributed by atoms with Gasteiger partial charge in [0.15, 0.2) is 0 Å². The van der Waals surface area contributed by atoms with Gasteiger partial charge in [-0.3, -0.25) is 9.20 Å². The summed E-state index contributed by atoms with van der Waals surface area (Å²) in [7, 11) is 1.89. The summed E-state index contributed by atoms with van der Waals surface area (Å²) in [5.41, 5.74) is 3.30. The number of hydrogen-bond acceptors (Lipinski definition) is 2. The third-order valence-electron chi connectivity index (χ3n) is 4.16. The molecule has 0 fully saturated rings. The van der Waals surface area contributed by atoms with Crippen LogP contribution >= 0.6 is 34.8 Å². The van der Waals surface area contributed by atoms with Crippen molar-refractivity contribution in [3.05, 3.63) is 60.3 Å². The van der Waals surface area contributed by atoms with Gasteiger partial charge in [0, 0.05) is 12.6 Å². The van der Waals surface area contributed by atoms with Crippen molar-refractivity contribution in [2.75, 3.05) is 0 Å². The number of Topliss-reactive ketones (excluding diaryl/α,β-unsaturated/α-hetero) is 1. The number of carbonyl (C=O) groups is 1. The maximum Gasteiger partial charge on any atom is 0.255 e. The van der Waals surface area contributed by atoms with E-state index in [2.05, 4.69) is 4.98 Å². The van der Waals surface area contributed by atoms with E-state index in [0.717, 1.165) is 16.6 Å². The standard InChI is InChI=1S/C18H12Cl3N3O/c1-23-12-9-5-6-10-13(12)24-15(16(25)18(19,20)21)14(22-17(23)24)11-7-3-2-4-8-11/h2-10H,1H3. The molecular weight excluding hydrogens is 381 g/mol. The van der Waals surface area contributed by atoms with Gasteiger partial charge < -0.3 is 4.57 Å². The fourth-order valence-electron chi connectivity index (χ4n) is 3.05. The zero-order valence-electron chi connectivity index (χ0n) is 13.1. The number of ketones is 1. The summed E-state index contributed by atoms with van der Waals surface area (Å²) in [6.45, 7) is 0. The predicted molar refractivity (Wildman–Crippen MR) is 102 cm³/mol. The Morgan fingerprint density at radius 2 is 1.56 bits per heavy atom. The van der Waals surface area contributed by atoms with Crippen molar-refractivity contribution in [1.82, 2.24) is 14.0 Å². The molecule has 126 valence electrons. The monoisotopic (exact) mass is 391 g/mol. The first-order chi connectivity index (χ1) is 11.9. The average Bonchev–Trinajstić information content (AvgIpc) is 3.11. The zero-order chi connectivity index (χ0) is 17.8. The molecule has 0 amide bonds. The van der Waals surface area contributed by atoms with Crippen molar-refractivity contribution in [3.8, 4) is 11.3 Å². The molecular formula is C18H12Cl3N3O. The summed E-state index contributed by atoms with van der Waals surface area (Å²) in [5.74, 6) is -0.00198. The lowest BCUT2D eigenvalue weighted by Gasteiger charge is -2.11. The molecule has 0 aliphatic rings. The molecule has 0 unspecified atom stereocenters. The van der Waals surface area contributed by atoms with E-state index in [9.17, 15) is 4.79 Å². The molecule has 0 N–H and O–H groups in total. The molecule has 2 heterocycles. The van der Waals surface area contributed by atoms with Crippen molar-refractivity contribution in [1.29, 1.82) is 0 Å². The van der Waals surface area contributed by atoms with Crippen LogP contribution in [0.25, 0.3) is 28.1 Å². The molecule has 4 nitrogen and oxygen atoms in total. The summed E-state index contributed by atoms with van der Waals surface area (Å²) in [5, 5.41) is 0. The van der Waals surface area contributed by atoms with E-state index in [4.69, 9.17) is 34.8 Å². The van der Waals surface area contributed by atoms with Crippen LogP contribution < -0.4 is 0 Å². The Hall–Kier alpha value is -2.01. The van der Waals surface area contributed by atoms with Gasteiger partial charge in [0.2, 0.25) is 11.6 Å². The SMILES string of the molecule is Cn1c2ccccc2n2c(C(=O)C(Cl)(Cl)Cl)c(-c3ccccc3)nc12. The Morgan fingerprint density at radius 3 is 2.20 bits per heavy atom. The van der Waals surface area contributed by atoms with E-state index in [1.165, 1.54) is 0 Å². The van der Waals surface area contributed by atoms with E-state index in [0.29, 0.717) is 11.5 Å². The maximum atomic E-state index is 12.9. The van der Waals surface area contributed by atoms with Crippen molar-refractivity contribution in [2.45, 2.75) is 3.79 Å². The van der Waals surface area contributed by atoms with Crippen LogP contribution in [-0.2, 0) is 7.05 Å². The Kier molecular flexibility index (Phi) is 3.80. The van der Waals surface area contributed by atoms with Gasteiger partial charge in [0.05, 0.1) is 11.0 Å². The smallest absolute Gasteiger partial charge is 0.255 e. The minimum Gasteiger partial charge on any atom is -0.313 e. The van der Waals surface area contributed by atoms with Gasteiger partial charge in [-0.05, 0) is 12.1 Å². The highest BCUT2D eigenvalue weighted by Crippen LogP contribution is 2.36. The first-order valence-electron chi connectivity index (χ1n) is 7.52. The van der Waals surface area contributed by atoms with Crippen LogP contribution in [0.5, 0.6) is 0 Å². The fourth-order valence-corrected chi connectivity index (χ4v) is 3.32. The second-order valence-electron chi connectivity index (χ2n) is 5.69. The second-order valence-corrected chi connectivity index (χ2v) is 7.97. The lowest BCUT2D eigenvalue weighted by atomic mass is 10.1. The first kappa shape index (κ1) is 16.5. The first-order valence-corrected chi connectivity index (χ1v) is 8.66. The molecule has 2 aromatic carbocycles. The van der Waals surface area contributed by atoms with Crippen molar-refractivity contribution in [2.24, 2.45) is 7.05 Å². The molecule has 4 rings (SSSR count). The molecule has 25 heavy (non-hydrogen) atoms. The summed E-state index contributed by atoms with van der Waals surface area (Å²) < 4.78 is 1.59. The average molecular weight is 393 g/mol. The summed E-state index contributed by atoms with van der Waals surface area (Å²) >= 11 is 17.8. The van der Waals surface area contributed by atoms with Crippen LogP contribution in [0.15, 0.2) is 54.6 Å². The van der Waals surface area contributed by atoms with Gasteiger partial charge in [-0.1, -0.05) is 77.3 Å². The third kappa shape index (κ3) is 2.53. The molecule has 4 aromatic rings. The van der Waals surface area contributed by atoms with Crippen molar-refractivity contribution < 1.29 is 4.79 Å². The molecule has 0 aliphatic heterocycles. The number of halogens is 3. The van der Waals surface area contributed by atoms with Crippen molar-refractivity contribution >= 4 is 57.4 Å². The predicted octanol–water partition coefficient (Wildman–Crippen LogP) is 5.05. The largest absolute Gasteiger partial charge is 0.313 e. The summed E-state index contributed by atoms with van der Waals surface area (Å²) in [6.07, 6.45) is 0. The number of nitrogens with zero attached hydrogens (tertiary/aromatic N) is 3. The summed E-state index contributed by atoms with van der Waals surface area (Å²) in [4.78, 5) is 17.6. The fraction of sp³-hybridized carbons (Fsp3) is 0.111. The molecule has 0 saturated heterocycles. The van der Waals surface area contributed by atoms with Crippen LogP contribution in [0, 0.1) is 0 Å². The molecule has 2 aromatic heterocycles. The van der Waals surface area contributed by atoms with E-state index in [1.54, 1.807) is 4.40 Å². The Balaban J connectivity index is 2.16. The minimum atomic E-state index is -2.07. The number of aromatic nitrogens is 3. The number of benzene rings is 2. The third-order valence-corrected chi connectivity index (χ3v) is 4.68. The van der Waals surface area contributed by atoms with E-state index >= 15 is 0 Å². The topological polar surface area (TPSA) is 39.3 Å². The van der Waals surface area contributed by atoms with Gasteiger partial charge in [0.25, 0.3) is 3.79 Å². The number of rotatable bonds is 2. The molecule has 0 aliphatic carbocycles. The van der Waals surface area contributed by atoms with Gasteiger partial charge in [-0.15, -0.1) is 0 Å². The number of alkyl halides is 3. The quantitative estimate of drug-likeness (QED) is 0.354. The normalized spacial score (nSPS) is 12.2. The highest BCUT2D eigenvalue weighted by molar-refractivity contribution is 6.77.